The standard InChI is InChI=1S/C36H28Cl2N2O4/c1-20(2)44-24-14-11-22(12-15-24)32(41)31-30(33(42)26-16-13-23(37)19-28(26)38)36(27-9-5-6-10-29(27)39-35(36)43)34-25-8-4-3-7-21(25)17-18-40(31)34/h3-20,30-31,34H,1-2H3,(H,39,43)/t30-,31+,34+,36-/m0/s1. The second kappa shape index (κ2) is 10.7. The van der Waals surface area contributed by atoms with E-state index in [9.17, 15) is 14.4 Å². The lowest BCUT2D eigenvalue weighted by molar-refractivity contribution is -0.122. The van der Waals surface area contributed by atoms with Gasteiger partial charge in [-0.15, -0.1) is 0 Å². The highest BCUT2D eigenvalue weighted by molar-refractivity contribution is 6.37. The molecule has 0 saturated carbocycles. The van der Waals surface area contributed by atoms with Gasteiger partial charge in [0.1, 0.15) is 17.2 Å². The van der Waals surface area contributed by atoms with E-state index >= 15 is 0 Å². The number of anilines is 1. The summed E-state index contributed by atoms with van der Waals surface area (Å²) in [5.74, 6) is -1.53. The Morgan fingerprint density at radius 1 is 0.909 bits per heavy atom. The van der Waals surface area contributed by atoms with Gasteiger partial charge >= 0.3 is 0 Å². The summed E-state index contributed by atoms with van der Waals surface area (Å²) < 4.78 is 5.80. The number of Topliss-reactive ketones (excluding diaryl/α,β-unsaturated/α-hetero) is 2. The summed E-state index contributed by atoms with van der Waals surface area (Å²) in [4.78, 5) is 46.1. The molecular weight excluding hydrogens is 595 g/mol. The van der Waals surface area contributed by atoms with Gasteiger partial charge in [0.25, 0.3) is 0 Å². The van der Waals surface area contributed by atoms with Crippen LogP contribution < -0.4 is 10.1 Å². The Balaban J connectivity index is 1.49. The summed E-state index contributed by atoms with van der Waals surface area (Å²) in [5, 5.41) is 3.59. The van der Waals surface area contributed by atoms with Crippen molar-refractivity contribution >= 4 is 52.4 Å². The molecule has 6 nitrogen and oxygen atoms in total. The van der Waals surface area contributed by atoms with E-state index in [0.717, 1.165) is 11.1 Å². The molecule has 1 spiro atoms. The van der Waals surface area contributed by atoms with Crippen molar-refractivity contribution in [1.29, 1.82) is 0 Å². The molecule has 0 aromatic heterocycles. The third-order valence-corrected chi connectivity index (χ3v) is 9.38. The van der Waals surface area contributed by atoms with Gasteiger partial charge in [-0.2, -0.15) is 0 Å². The van der Waals surface area contributed by atoms with Crippen molar-refractivity contribution < 1.29 is 19.1 Å². The molecule has 8 heteroatoms. The van der Waals surface area contributed by atoms with Crippen molar-refractivity contribution in [1.82, 2.24) is 4.90 Å². The number of rotatable bonds is 6. The van der Waals surface area contributed by atoms with Crippen LogP contribution in [0.4, 0.5) is 5.69 Å². The van der Waals surface area contributed by atoms with Crippen LogP contribution in [0.5, 0.6) is 5.75 Å². The second-order valence-corrected chi connectivity index (χ2v) is 12.5. The van der Waals surface area contributed by atoms with E-state index in [0.29, 0.717) is 27.6 Å². The molecule has 0 radical (unpaired) electrons. The lowest BCUT2D eigenvalue weighted by Gasteiger charge is -2.38. The van der Waals surface area contributed by atoms with Crippen molar-refractivity contribution in [3.05, 3.63) is 135 Å². The number of carbonyl (C=O) groups is 3. The van der Waals surface area contributed by atoms with E-state index < -0.39 is 29.2 Å². The van der Waals surface area contributed by atoms with Crippen molar-refractivity contribution in [2.24, 2.45) is 5.92 Å². The predicted molar refractivity (Wildman–Crippen MR) is 171 cm³/mol. The number of ketones is 2. The molecule has 1 N–H and O–H groups in total. The Morgan fingerprint density at radius 3 is 2.39 bits per heavy atom. The molecule has 0 unspecified atom stereocenters. The minimum atomic E-state index is -1.45. The van der Waals surface area contributed by atoms with Crippen molar-refractivity contribution in [3.8, 4) is 5.75 Å². The molecule has 44 heavy (non-hydrogen) atoms. The van der Waals surface area contributed by atoms with Gasteiger partial charge in [-0.1, -0.05) is 65.7 Å². The molecule has 4 aromatic rings. The smallest absolute Gasteiger partial charge is 0.238 e. The third kappa shape index (κ3) is 4.20. The first-order valence-electron chi connectivity index (χ1n) is 14.5. The van der Waals surface area contributed by atoms with E-state index in [4.69, 9.17) is 27.9 Å². The average Bonchev–Trinajstić information content (AvgIpc) is 3.49. The number of fused-ring (bicyclic) bond motifs is 6. The zero-order valence-electron chi connectivity index (χ0n) is 24.0. The Labute approximate surface area is 265 Å². The number of amides is 1. The first kappa shape index (κ1) is 28.4. The van der Waals surface area contributed by atoms with Gasteiger partial charge in [-0.05, 0) is 85.1 Å². The fraction of sp³-hybridized carbons (Fsp3) is 0.194. The highest BCUT2D eigenvalue weighted by atomic mass is 35.5. The molecule has 1 fully saturated rings. The van der Waals surface area contributed by atoms with Crippen molar-refractivity contribution in [3.63, 3.8) is 0 Å². The molecule has 0 bridgehead atoms. The van der Waals surface area contributed by atoms with Crippen LogP contribution >= 0.6 is 23.2 Å². The monoisotopic (exact) mass is 622 g/mol. The summed E-state index contributed by atoms with van der Waals surface area (Å²) in [7, 11) is 0. The minimum Gasteiger partial charge on any atom is -0.491 e. The number of ether oxygens (including phenoxy) is 1. The second-order valence-electron chi connectivity index (χ2n) is 11.6. The quantitative estimate of drug-likeness (QED) is 0.222. The number of hydrogen-bond donors (Lipinski definition) is 1. The fourth-order valence-corrected chi connectivity index (χ4v) is 7.67. The van der Waals surface area contributed by atoms with Crippen LogP contribution in [-0.4, -0.2) is 34.5 Å². The molecule has 0 aliphatic carbocycles. The van der Waals surface area contributed by atoms with Crippen LogP contribution in [0, 0.1) is 5.92 Å². The normalized spacial score (nSPS) is 22.9. The van der Waals surface area contributed by atoms with E-state index in [1.54, 1.807) is 36.4 Å². The molecule has 3 aliphatic rings. The van der Waals surface area contributed by atoms with Gasteiger partial charge in [-0.3, -0.25) is 14.4 Å². The van der Waals surface area contributed by atoms with Gasteiger partial charge in [0.15, 0.2) is 11.6 Å². The maximum atomic E-state index is 14.9. The van der Waals surface area contributed by atoms with Crippen LogP contribution in [0.1, 0.15) is 57.3 Å². The van der Waals surface area contributed by atoms with Crippen LogP contribution in [-0.2, 0) is 10.2 Å². The van der Waals surface area contributed by atoms with Gasteiger partial charge in [0.05, 0.1) is 23.1 Å². The predicted octanol–water partition coefficient (Wildman–Crippen LogP) is 7.76. The molecule has 1 saturated heterocycles. The highest BCUT2D eigenvalue weighted by Gasteiger charge is 2.70. The van der Waals surface area contributed by atoms with Crippen LogP contribution in [0.3, 0.4) is 0 Å². The number of carbonyl (C=O) groups excluding carboxylic acids is 3. The zero-order chi connectivity index (χ0) is 30.7. The largest absolute Gasteiger partial charge is 0.491 e. The van der Waals surface area contributed by atoms with Gasteiger partial charge in [-0.25, -0.2) is 0 Å². The van der Waals surface area contributed by atoms with Gasteiger partial charge in [0.2, 0.25) is 5.91 Å². The topological polar surface area (TPSA) is 75.7 Å². The molecule has 7 rings (SSSR count). The Kier molecular flexibility index (Phi) is 6.87. The van der Waals surface area contributed by atoms with Crippen LogP contribution in [0.15, 0.2) is 97.2 Å². The molecular formula is C36H28Cl2N2O4. The van der Waals surface area contributed by atoms with Crippen molar-refractivity contribution in [2.45, 2.75) is 37.5 Å². The summed E-state index contributed by atoms with van der Waals surface area (Å²) in [6, 6.07) is 25.1. The Hall–Kier alpha value is -4.39. The molecule has 4 atom stereocenters. The fourth-order valence-electron chi connectivity index (χ4n) is 7.17. The van der Waals surface area contributed by atoms with E-state index in [1.807, 2.05) is 79.6 Å². The lowest BCUT2D eigenvalue weighted by atomic mass is 9.62. The number of halogens is 2. The van der Waals surface area contributed by atoms with E-state index in [2.05, 4.69) is 5.32 Å². The van der Waals surface area contributed by atoms with Crippen LogP contribution in [0.25, 0.3) is 6.08 Å². The third-order valence-electron chi connectivity index (χ3n) is 8.83. The number of para-hydroxylation sites is 1. The first-order chi connectivity index (χ1) is 21.2. The number of nitrogens with one attached hydrogen (secondary N) is 1. The Bertz CT molecular complexity index is 1870. The SMILES string of the molecule is CC(C)Oc1ccc(C(=O)[C@H]2[C@@H](C(=O)c3ccc(Cl)cc3Cl)[C@]3(C(=O)Nc4ccccc43)[C@H]3c4ccccc4C=CN23)cc1. The van der Waals surface area contributed by atoms with Crippen LogP contribution in [0.2, 0.25) is 10.0 Å². The summed E-state index contributed by atoms with van der Waals surface area (Å²) in [6.45, 7) is 3.86. The highest BCUT2D eigenvalue weighted by Crippen LogP contribution is 2.62. The van der Waals surface area contributed by atoms with Crippen molar-refractivity contribution in [2.75, 3.05) is 5.32 Å². The number of hydrogen-bond acceptors (Lipinski definition) is 5. The molecule has 3 heterocycles. The number of nitrogens with zero attached hydrogens (tertiary/aromatic N) is 1. The molecule has 3 aliphatic heterocycles. The first-order valence-corrected chi connectivity index (χ1v) is 15.2. The summed E-state index contributed by atoms with van der Waals surface area (Å²) >= 11 is 12.8. The average molecular weight is 624 g/mol. The number of benzene rings is 4. The lowest BCUT2D eigenvalue weighted by Crippen LogP contribution is -2.49. The van der Waals surface area contributed by atoms with Gasteiger partial charge in [0, 0.05) is 28.0 Å². The van der Waals surface area contributed by atoms with E-state index in [1.165, 1.54) is 6.07 Å². The maximum absolute atomic E-state index is 14.9. The zero-order valence-corrected chi connectivity index (χ0v) is 25.5. The summed E-state index contributed by atoms with van der Waals surface area (Å²) in [6.07, 6.45) is 3.75. The van der Waals surface area contributed by atoms with Gasteiger partial charge < -0.3 is 15.0 Å². The Morgan fingerprint density at radius 2 is 1.64 bits per heavy atom. The maximum Gasteiger partial charge on any atom is 0.238 e. The van der Waals surface area contributed by atoms with E-state index in [-0.39, 0.29) is 28.4 Å². The molecule has 1 amide bonds. The molecule has 4 aromatic carbocycles. The minimum absolute atomic E-state index is 0.0300. The summed E-state index contributed by atoms with van der Waals surface area (Å²) in [5.41, 5.74) is 2.23. The molecule has 220 valence electrons.